The van der Waals surface area contributed by atoms with E-state index in [9.17, 15) is 18.0 Å². The van der Waals surface area contributed by atoms with Gasteiger partial charge >= 0.3 is 6.18 Å². The molecular formula is C12H9F3N2OS. The lowest BCUT2D eigenvalue weighted by molar-refractivity contribution is -0.138. The van der Waals surface area contributed by atoms with E-state index in [1.807, 2.05) is 0 Å². The van der Waals surface area contributed by atoms with Gasteiger partial charge in [0.25, 0.3) is 0 Å². The Morgan fingerprint density at radius 2 is 2.16 bits per heavy atom. The first kappa shape index (κ1) is 13.7. The fourth-order valence-corrected chi connectivity index (χ4v) is 2.35. The summed E-state index contributed by atoms with van der Waals surface area (Å²) >= 11 is 1.25. The van der Waals surface area contributed by atoms with Gasteiger partial charge in [0.1, 0.15) is 5.01 Å². The lowest BCUT2D eigenvalue weighted by atomic mass is 10.0. The van der Waals surface area contributed by atoms with E-state index in [2.05, 4.69) is 9.97 Å². The number of carbonyl (C=O) groups is 1. The topological polar surface area (TPSA) is 42.9 Å². The van der Waals surface area contributed by atoms with Crippen molar-refractivity contribution in [2.75, 3.05) is 0 Å². The lowest BCUT2D eigenvalue weighted by Gasteiger charge is -2.10. The number of hydrogen-bond donors (Lipinski definition) is 0. The summed E-state index contributed by atoms with van der Waals surface area (Å²) in [6.45, 7) is 1.76. The number of halogens is 3. The zero-order valence-electron chi connectivity index (χ0n) is 9.86. The minimum absolute atomic E-state index is 0.146. The van der Waals surface area contributed by atoms with E-state index < -0.39 is 23.1 Å². The van der Waals surface area contributed by atoms with Crippen molar-refractivity contribution in [2.24, 2.45) is 0 Å². The van der Waals surface area contributed by atoms with Crippen LogP contribution < -0.4 is 0 Å². The lowest BCUT2D eigenvalue weighted by Crippen LogP contribution is -2.15. The van der Waals surface area contributed by atoms with Crippen molar-refractivity contribution in [3.63, 3.8) is 0 Å². The minimum atomic E-state index is -4.56. The number of hydrogen-bond acceptors (Lipinski definition) is 4. The SMILES string of the molecule is Cc1csc(CC(=O)c2cnccc2C(F)(F)F)n1. The number of pyridine rings is 1. The summed E-state index contributed by atoms with van der Waals surface area (Å²) in [6, 6.07) is 0.806. The molecule has 0 saturated heterocycles. The van der Waals surface area contributed by atoms with Crippen molar-refractivity contribution in [3.05, 3.63) is 45.7 Å². The Labute approximate surface area is 111 Å². The largest absolute Gasteiger partial charge is 0.417 e. The van der Waals surface area contributed by atoms with Crippen molar-refractivity contribution in [1.29, 1.82) is 0 Å². The van der Waals surface area contributed by atoms with Gasteiger partial charge in [0.15, 0.2) is 5.78 Å². The van der Waals surface area contributed by atoms with Gasteiger partial charge in [0.2, 0.25) is 0 Å². The van der Waals surface area contributed by atoms with Crippen molar-refractivity contribution in [2.45, 2.75) is 19.5 Å². The number of aromatic nitrogens is 2. The summed E-state index contributed by atoms with van der Waals surface area (Å²) in [5.74, 6) is -0.630. The van der Waals surface area contributed by atoms with Crippen LogP contribution in [0.4, 0.5) is 13.2 Å². The summed E-state index contributed by atoms with van der Waals surface area (Å²) in [5.41, 5.74) is -0.626. The van der Waals surface area contributed by atoms with Gasteiger partial charge in [-0.05, 0) is 13.0 Å². The average Bonchev–Trinajstić information content (AvgIpc) is 2.73. The molecule has 2 aromatic heterocycles. The predicted octanol–water partition coefficient (Wildman–Crippen LogP) is 3.29. The Morgan fingerprint density at radius 1 is 1.42 bits per heavy atom. The standard InChI is InChI=1S/C12H9F3N2OS/c1-7-6-19-11(17-7)4-10(18)8-5-16-3-2-9(8)12(13,14)15/h2-3,5-6H,4H2,1H3. The molecule has 0 aromatic carbocycles. The molecule has 0 saturated carbocycles. The molecule has 0 spiro atoms. The van der Waals surface area contributed by atoms with Crippen LogP contribution in [-0.2, 0) is 12.6 Å². The maximum Gasteiger partial charge on any atom is 0.417 e. The van der Waals surface area contributed by atoms with E-state index in [0.29, 0.717) is 5.01 Å². The molecule has 2 aromatic rings. The highest BCUT2D eigenvalue weighted by atomic mass is 32.1. The molecule has 0 unspecified atom stereocenters. The van der Waals surface area contributed by atoms with Crippen LogP contribution in [0.3, 0.4) is 0 Å². The van der Waals surface area contributed by atoms with Gasteiger partial charge in [-0.2, -0.15) is 13.2 Å². The van der Waals surface area contributed by atoms with Crippen LogP contribution >= 0.6 is 11.3 Å². The molecule has 3 nitrogen and oxygen atoms in total. The highest BCUT2D eigenvalue weighted by Crippen LogP contribution is 2.32. The van der Waals surface area contributed by atoms with Crippen LogP contribution in [0.1, 0.15) is 26.6 Å². The van der Waals surface area contributed by atoms with Gasteiger partial charge in [0, 0.05) is 29.0 Å². The van der Waals surface area contributed by atoms with Gasteiger partial charge in [0.05, 0.1) is 12.0 Å². The summed E-state index contributed by atoms with van der Waals surface area (Å²) in [6.07, 6.45) is -2.74. The van der Waals surface area contributed by atoms with Gasteiger partial charge in [-0.3, -0.25) is 9.78 Å². The van der Waals surface area contributed by atoms with Crippen molar-refractivity contribution < 1.29 is 18.0 Å². The maximum atomic E-state index is 12.8. The zero-order valence-corrected chi connectivity index (χ0v) is 10.7. The predicted molar refractivity (Wildman–Crippen MR) is 64.1 cm³/mol. The summed E-state index contributed by atoms with van der Waals surface area (Å²) in [7, 11) is 0. The minimum Gasteiger partial charge on any atom is -0.294 e. The molecule has 0 radical (unpaired) electrons. The van der Waals surface area contributed by atoms with Crippen molar-refractivity contribution in [1.82, 2.24) is 9.97 Å². The third kappa shape index (κ3) is 3.17. The first-order valence-electron chi connectivity index (χ1n) is 5.33. The van der Waals surface area contributed by atoms with E-state index in [-0.39, 0.29) is 6.42 Å². The molecule has 0 aliphatic carbocycles. The quantitative estimate of drug-likeness (QED) is 0.813. The Kier molecular flexibility index (Phi) is 3.66. The fraction of sp³-hybridized carbons (Fsp3) is 0.250. The molecule has 0 atom stereocenters. The number of thiazole rings is 1. The van der Waals surface area contributed by atoms with E-state index in [0.717, 1.165) is 24.2 Å². The van der Waals surface area contributed by atoms with Crippen LogP contribution in [0.5, 0.6) is 0 Å². The van der Waals surface area contributed by atoms with E-state index >= 15 is 0 Å². The Balaban J connectivity index is 2.29. The normalized spacial score (nSPS) is 11.6. The van der Waals surface area contributed by atoms with Gasteiger partial charge in [-0.15, -0.1) is 11.3 Å². The van der Waals surface area contributed by atoms with Crippen molar-refractivity contribution in [3.8, 4) is 0 Å². The Bertz CT molecular complexity index is 607. The monoisotopic (exact) mass is 286 g/mol. The zero-order chi connectivity index (χ0) is 14.0. The molecule has 0 amide bonds. The van der Waals surface area contributed by atoms with Crippen molar-refractivity contribution >= 4 is 17.1 Å². The second-order valence-electron chi connectivity index (χ2n) is 3.90. The first-order valence-corrected chi connectivity index (χ1v) is 6.21. The molecule has 0 bridgehead atoms. The highest BCUT2D eigenvalue weighted by Gasteiger charge is 2.35. The van der Waals surface area contributed by atoms with Crippen LogP contribution in [0.2, 0.25) is 0 Å². The number of nitrogens with zero attached hydrogens (tertiary/aromatic N) is 2. The second kappa shape index (κ2) is 5.08. The first-order chi connectivity index (χ1) is 8.88. The van der Waals surface area contributed by atoms with E-state index in [1.54, 1.807) is 12.3 Å². The number of ketones is 1. The van der Waals surface area contributed by atoms with Gasteiger partial charge in [-0.1, -0.05) is 0 Å². The third-order valence-corrected chi connectivity index (χ3v) is 3.37. The summed E-state index contributed by atoms with van der Waals surface area (Å²) in [5, 5.41) is 2.25. The molecule has 0 fully saturated rings. The number of alkyl halides is 3. The van der Waals surface area contributed by atoms with E-state index in [1.165, 1.54) is 11.3 Å². The number of Topliss-reactive ketones (excluding diaryl/α,β-unsaturated/α-hetero) is 1. The fourth-order valence-electron chi connectivity index (χ4n) is 1.58. The van der Waals surface area contributed by atoms with Crippen LogP contribution in [0, 0.1) is 6.92 Å². The molecule has 2 heterocycles. The smallest absolute Gasteiger partial charge is 0.294 e. The third-order valence-electron chi connectivity index (χ3n) is 2.41. The molecule has 7 heteroatoms. The Morgan fingerprint density at radius 3 is 2.74 bits per heavy atom. The average molecular weight is 286 g/mol. The summed E-state index contributed by atoms with van der Waals surface area (Å²) < 4.78 is 38.3. The van der Waals surface area contributed by atoms with Crippen LogP contribution in [0.25, 0.3) is 0 Å². The number of carbonyl (C=O) groups excluding carboxylic acids is 1. The molecular weight excluding hydrogens is 277 g/mol. The number of aryl methyl sites for hydroxylation is 1. The Hall–Kier alpha value is -1.76. The highest BCUT2D eigenvalue weighted by molar-refractivity contribution is 7.09. The molecule has 100 valence electrons. The second-order valence-corrected chi connectivity index (χ2v) is 4.84. The van der Waals surface area contributed by atoms with Crippen LogP contribution in [0.15, 0.2) is 23.8 Å². The maximum absolute atomic E-state index is 12.8. The summed E-state index contributed by atoms with van der Waals surface area (Å²) in [4.78, 5) is 19.6. The number of rotatable bonds is 3. The van der Waals surface area contributed by atoms with Gasteiger partial charge in [-0.25, -0.2) is 4.98 Å². The van der Waals surface area contributed by atoms with Gasteiger partial charge < -0.3 is 0 Å². The molecule has 2 rings (SSSR count). The van der Waals surface area contributed by atoms with Crippen LogP contribution in [-0.4, -0.2) is 15.8 Å². The molecule has 19 heavy (non-hydrogen) atoms. The molecule has 0 aliphatic rings. The van der Waals surface area contributed by atoms with E-state index in [4.69, 9.17) is 0 Å². The molecule has 0 aliphatic heterocycles. The molecule has 0 N–H and O–H groups in total.